The van der Waals surface area contributed by atoms with Crippen molar-refractivity contribution < 1.29 is 9.53 Å². The highest BCUT2D eigenvalue weighted by Crippen LogP contribution is 2.27. The molecule has 128 valence electrons. The number of amides is 1. The average molecular weight is 352 g/mol. The van der Waals surface area contributed by atoms with Gasteiger partial charge in [0.15, 0.2) is 0 Å². The summed E-state index contributed by atoms with van der Waals surface area (Å²) in [6.45, 7) is 1.07. The fraction of sp³-hybridized carbons (Fsp3) is 0.600. The first kappa shape index (κ1) is 16.6. The fourth-order valence-corrected chi connectivity index (χ4v) is 3.47. The van der Waals surface area contributed by atoms with Crippen LogP contribution < -0.4 is 15.8 Å². The van der Waals surface area contributed by atoms with Gasteiger partial charge < -0.3 is 15.0 Å². The lowest BCUT2D eigenvalue weighted by Gasteiger charge is -2.20. The number of aromatic amines is 1. The van der Waals surface area contributed by atoms with Gasteiger partial charge in [0, 0.05) is 19.0 Å². The standard InChI is InChI=1S/C15H18ClN5O3/c16-13-12(7-18-20-14(13)22)21-5-4-10(8-21)24-15(23)19-11-3-1-2-9(11)6-17/h7,9-11H,1-5,8H2,(H,19,23)(H,20,22)/t9?,10-,11-/m1/s1. The number of halogens is 1. The molecule has 0 aromatic carbocycles. The minimum absolute atomic E-state index is 0.0814. The van der Waals surface area contributed by atoms with E-state index in [1.54, 1.807) is 0 Å². The number of hydrogen-bond donors (Lipinski definition) is 2. The van der Waals surface area contributed by atoms with Crippen LogP contribution in [0.5, 0.6) is 0 Å². The SMILES string of the molecule is N#CC1CCC[C@H]1NC(=O)O[C@@H]1CCN(c2cn[nH]c(=O)c2Cl)C1. The van der Waals surface area contributed by atoms with Gasteiger partial charge in [0.1, 0.15) is 11.1 Å². The smallest absolute Gasteiger partial charge is 0.407 e. The molecule has 2 aliphatic rings. The van der Waals surface area contributed by atoms with Crippen LogP contribution in [0.4, 0.5) is 10.5 Å². The normalized spacial score (nSPS) is 26.2. The lowest BCUT2D eigenvalue weighted by molar-refractivity contribution is 0.104. The van der Waals surface area contributed by atoms with Gasteiger partial charge in [-0.1, -0.05) is 11.6 Å². The Morgan fingerprint density at radius 1 is 1.50 bits per heavy atom. The quantitative estimate of drug-likeness (QED) is 0.851. The molecule has 0 spiro atoms. The van der Waals surface area contributed by atoms with Gasteiger partial charge in [-0.2, -0.15) is 10.4 Å². The largest absolute Gasteiger partial charge is 0.444 e. The molecule has 1 saturated carbocycles. The van der Waals surface area contributed by atoms with Gasteiger partial charge in [-0.05, 0) is 19.3 Å². The Labute approximate surface area is 143 Å². The maximum Gasteiger partial charge on any atom is 0.407 e. The Hall–Kier alpha value is -2.27. The van der Waals surface area contributed by atoms with Crippen molar-refractivity contribution in [3.63, 3.8) is 0 Å². The van der Waals surface area contributed by atoms with Crippen LogP contribution in [0.1, 0.15) is 25.7 Å². The van der Waals surface area contributed by atoms with Gasteiger partial charge >= 0.3 is 6.09 Å². The van der Waals surface area contributed by atoms with E-state index in [1.165, 1.54) is 6.20 Å². The fourth-order valence-electron chi connectivity index (χ4n) is 3.26. The number of nitrogens with one attached hydrogen (secondary N) is 2. The third-order valence-electron chi connectivity index (χ3n) is 4.52. The summed E-state index contributed by atoms with van der Waals surface area (Å²) in [6, 6.07) is 2.09. The maximum atomic E-state index is 12.0. The van der Waals surface area contributed by atoms with Gasteiger partial charge in [0.25, 0.3) is 5.56 Å². The van der Waals surface area contributed by atoms with E-state index in [0.717, 1.165) is 19.3 Å². The molecule has 3 rings (SSSR count). The summed E-state index contributed by atoms with van der Waals surface area (Å²) in [7, 11) is 0. The van der Waals surface area contributed by atoms with Gasteiger partial charge in [-0.15, -0.1) is 0 Å². The summed E-state index contributed by atoms with van der Waals surface area (Å²) in [5.74, 6) is -0.140. The molecule has 8 nitrogen and oxygen atoms in total. The molecule has 2 fully saturated rings. The summed E-state index contributed by atoms with van der Waals surface area (Å²) in [5.41, 5.74) is 0.0901. The number of carbonyl (C=O) groups is 1. The number of nitrogens with zero attached hydrogens (tertiary/aromatic N) is 3. The van der Waals surface area contributed by atoms with Crippen molar-refractivity contribution in [1.29, 1.82) is 5.26 Å². The average Bonchev–Trinajstić information content (AvgIpc) is 3.19. The zero-order chi connectivity index (χ0) is 17.1. The summed E-state index contributed by atoms with van der Waals surface area (Å²) >= 11 is 6.00. The summed E-state index contributed by atoms with van der Waals surface area (Å²) in [5, 5.41) is 17.9. The van der Waals surface area contributed by atoms with E-state index in [4.69, 9.17) is 21.6 Å². The highest BCUT2D eigenvalue weighted by molar-refractivity contribution is 6.33. The van der Waals surface area contributed by atoms with Gasteiger partial charge in [-0.25, -0.2) is 9.89 Å². The minimum Gasteiger partial charge on any atom is -0.444 e. The molecule has 1 unspecified atom stereocenters. The first-order valence-corrected chi connectivity index (χ1v) is 8.31. The maximum absolute atomic E-state index is 12.0. The van der Waals surface area contributed by atoms with E-state index in [-0.39, 0.29) is 23.1 Å². The topological polar surface area (TPSA) is 111 Å². The van der Waals surface area contributed by atoms with Crippen LogP contribution in [0.25, 0.3) is 0 Å². The Morgan fingerprint density at radius 2 is 2.33 bits per heavy atom. The molecule has 1 amide bonds. The van der Waals surface area contributed by atoms with Gasteiger partial charge in [-0.3, -0.25) is 4.79 Å². The van der Waals surface area contributed by atoms with E-state index in [2.05, 4.69) is 21.6 Å². The third-order valence-corrected chi connectivity index (χ3v) is 4.89. The number of rotatable bonds is 3. The molecule has 24 heavy (non-hydrogen) atoms. The number of ether oxygens (including phenoxy) is 1. The van der Waals surface area contributed by atoms with Crippen molar-refractivity contribution in [2.24, 2.45) is 5.92 Å². The van der Waals surface area contributed by atoms with Crippen molar-refractivity contribution >= 4 is 23.4 Å². The summed E-state index contributed by atoms with van der Waals surface area (Å²) in [6.07, 6.45) is 3.90. The number of alkyl carbamates (subject to hydrolysis) is 1. The van der Waals surface area contributed by atoms with Crippen molar-refractivity contribution in [2.75, 3.05) is 18.0 Å². The predicted molar refractivity (Wildman–Crippen MR) is 86.8 cm³/mol. The molecule has 1 saturated heterocycles. The summed E-state index contributed by atoms with van der Waals surface area (Å²) in [4.78, 5) is 25.4. The molecular weight excluding hydrogens is 334 g/mol. The van der Waals surface area contributed by atoms with E-state index in [9.17, 15) is 9.59 Å². The number of aromatic nitrogens is 2. The molecule has 2 heterocycles. The molecule has 1 aromatic heterocycles. The molecule has 1 aromatic rings. The Balaban J connectivity index is 1.54. The molecule has 1 aliphatic carbocycles. The van der Waals surface area contributed by atoms with Crippen molar-refractivity contribution in [3.8, 4) is 6.07 Å². The van der Waals surface area contributed by atoms with E-state index >= 15 is 0 Å². The highest BCUT2D eigenvalue weighted by Gasteiger charge is 2.31. The lowest BCUT2D eigenvalue weighted by Crippen LogP contribution is -2.39. The number of anilines is 1. The van der Waals surface area contributed by atoms with Crippen LogP contribution in [0.3, 0.4) is 0 Å². The first-order valence-electron chi connectivity index (χ1n) is 7.93. The molecular formula is C15H18ClN5O3. The third kappa shape index (κ3) is 3.46. The Bertz CT molecular complexity index is 716. The zero-order valence-corrected chi connectivity index (χ0v) is 13.8. The number of carbonyl (C=O) groups excluding carboxylic acids is 1. The molecule has 3 atom stereocenters. The molecule has 1 aliphatic heterocycles. The molecule has 9 heteroatoms. The van der Waals surface area contributed by atoms with Crippen LogP contribution in [0, 0.1) is 17.2 Å². The number of H-pyrrole nitrogens is 1. The second-order valence-corrected chi connectivity index (χ2v) is 6.46. The lowest BCUT2D eigenvalue weighted by atomic mass is 10.1. The van der Waals surface area contributed by atoms with Crippen LogP contribution in [-0.2, 0) is 4.74 Å². The first-order chi connectivity index (χ1) is 11.6. The monoisotopic (exact) mass is 351 g/mol. The van der Waals surface area contributed by atoms with Crippen molar-refractivity contribution in [2.45, 2.75) is 37.8 Å². The predicted octanol–water partition coefficient (Wildman–Crippen LogP) is 1.42. The second kappa shape index (κ2) is 7.09. The van der Waals surface area contributed by atoms with E-state index in [1.807, 2.05) is 4.90 Å². The second-order valence-electron chi connectivity index (χ2n) is 6.08. The summed E-state index contributed by atoms with van der Waals surface area (Å²) < 4.78 is 5.44. The van der Waals surface area contributed by atoms with Gasteiger partial charge in [0.2, 0.25) is 0 Å². The van der Waals surface area contributed by atoms with Crippen LogP contribution in [-0.4, -0.2) is 41.5 Å². The number of hydrogen-bond acceptors (Lipinski definition) is 6. The Kier molecular flexibility index (Phi) is 4.90. The molecule has 0 bridgehead atoms. The van der Waals surface area contributed by atoms with Crippen LogP contribution in [0.15, 0.2) is 11.0 Å². The van der Waals surface area contributed by atoms with E-state index in [0.29, 0.717) is 25.2 Å². The zero-order valence-electron chi connectivity index (χ0n) is 13.0. The minimum atomic E-state index is -0.496. The Morgan fingerprint density at radius 3 is 3.12 bits per heavy atom. The van der Waals surface area contributed by atoms with Gasteiger partial charge in [0.05, 0.1) is 30.4 Å². The molecule has 0 radical (unpaired) electrons. The van der Waals surface area contributed by atoms with Crippen LogP contribution >= 0.6 is 11.6 Å². The highest BCUT2D eigenvalue weighted by atomic mass is 35.5. The molecule has 2 N–H and O–H groups in total. The number of nitriles is 1. The van der Waals surface area contributed by atoms with Crippen molar-refractivity contribution in [3.05, 3.63) is 21.6 Å². The van der Waals surface area contributed by atoms with Crippen LogP contribution in [0.2, 0.25) is 5.02 Å². The van der Waals surface area contributed by atoms with Crippen molar-refractivity contribution in [1.82, 2.24) is 15.5 Å². The van der Waals surface area contributed by atoms with E-state index < -0.39 is 11.7 Å².